The van der Waals surface area contributed by atoms with Gasteiger partial charge in [-0.05, 0) is 26.3 Å². The lowest BCUT2D eigenvalue weighted by atomic mass is 9.80. The fraction of sp³-hybridized carbons (Fsp3) is 0.727. The maximum absolute atomic E-state index is 12.9. The summed E-state index contributed by atoms with van der Waals surface area (Å²) in [6.45, 7) is 0.173. The van der Waals surface area contributed by atoms with Crippen molar-refractivity contribution in [1.29, 1.82) is 0 Å². The van der Waals surface area contributed by atoms with E-state index in [1.165, 1.54) is 7.11 Å². The highest BCUT2D eigenvalue weighted by Crippen LogP contribution is 2.47. The molecule has 0 unspecified atom stereocenters. The molecule has 0 spiro atoms. The molecule has 0 bridgehead atoms. The number of hydrogen-bond acceptors (Lipinski definition) is 4. The van der Waals surface area contributed by atoms with Gasteiger partial charge in [0.25, 0.3) is 0 Å². The molecule has 1 aliphatic rings. The largest absolute Gasteiger partial charge is 0.434 e. The molecule has 1 saturated carbocycles. The van der Waals surface area contributed by atoms with Crippen LogP contribution in [0.25, 0.3) is 0 Å². The molecule has 102 valence electrons. The number of thiazole rings is 1. The standard InChI is InChI=1S/C11H15F3N2OS/c1-15-6-7-8(11(12,13)14)16-9(18-7)10(17-2)4-3-5-10/h15H,3-6H2,1-2H3. The first-order valence-corrected chi connectivity index (χ1v) is 6.52. The van der Waals surface area contributed by atoms with E-state index in [2.05, 4.69) is 10.3 Å². The summed E-state index contributed by atoms with van der Waals surface area (Å²) in [4.78, 5) is 4.02. The van der Waals surface area contributed by atoms with Crippen LogP contribution >= 0.6 is 11.3 Å². The van der Waals surface area contributed by atoms with Crippen molar-refractivity contribution in [3.63, 3.8) is 0 Å². The zero-order valence-corrected chi connectivity index (χ0v) is 11.0. The summed E-state index contributed by atoms with van der Waals surface area (Å²) in [5.41, 5.74) is -1.36. The maximum Gasteiger partial charge on any atom is 0.434 e. The Hall–Kier alpha value is -0.660. The summed E-state index contributed by atoms with van der Waals surface area (Å²) in [5, 5.41) is 3.20. The Bertz CT molecular complexity index is 421. The Labute approximate surface area is 107 Å². The number of aromatic nitrogens is 1. The van der Waals surface area contributed by atoms with Crippen LogP contribution in [0.15, 0.2) is 0 Å². The molecular formula is C11H15F3N2OS. The molecule has 0 radical (unpaired) electrons. The monoisotopic (exact) mass is 280 g/mol. The second-order valence-electron chi connectivity index (χ2n) is 4.37. The molecule has 0 atom stereocenters. The third kappa shape index (κ3) is 2.26. The summed E-state index contributed by atoms with van der Waals surface area (Å²) in [5.74, 6) is 0. The van der Waals surface area contributed by atoms with Gasteiger partial charge < -0.3 is 10.1 Å². The van der Waals surface area contributed by atoms with Crippen molar-refractivity contribution in [2.75, 3.05) is 14.2 Å². The van der Waals surface area contributed by atoms with Crippen LogP contribution in [0.1, 0.15) is 34.8 Å². The van der Waals surface area contributed by atoms with Gasteiger partial charge in [-0.1, -0.05) is 0 Å². The van der Waals surface area contributed by atoms with Gasteiger partial charge in [-0.3, -0.25) is 0 Å². The predicted octanol–water partition coefficient (Wildman–Crippen LogP) is 2.91. The Kier molecular flexibility index (Phi) is 3.66. The summed E-state index contributed by atoms with van der Waals surface area (Å²) in [6.07, 6.45) is -1.95. The smallest absolute Gasteiger partial charge is 0.371 e. The lowest BCUT2D eigenvalue weighted by Gasteiger charge is -2.38. The van der Waals surface area contributed by atoms with Gasteiger partial charge in [-0.2, -0.15) is 13.2 Å². The number of rotatable bonds is 4. The third-order valence-corrected chi connectivity index (χ3v) is 4.49. The number of methoxy groups -OCH3 is 1. The summed E-state index contributed by atoms with van der Waals surface area (Å²) in [6, 6.07) is 0. The predicted molar refractivity (Wildman–Crippen MR) is 62.4 cm³/mol. The number of nitrogens with zero attached hydrogens (tertiary/aromatic N) is 1. The minimum Gasteiger partial charge on any atom is -0.371 e. The number of halogens is 3. The highest BCUT2D eigenvalue weighted by Gasteiger charge is 2.45. The lowest BCUT2D eigenvalue weighted by molar-refractivity contribution is -0.142. The van der Waals surface area contributed by atoms with Crippen LogP contribution in [0.3, 0.4) is 0 Å². The van der Waals surface area contributed by atoms with Crippen molar-refractivity contribution < 1.29 is 17.9 Å². The second-order valence-corrected chi connectivity index (χ2v) is 5.45. The number of nitrogens with one attached hydrogen (secondary N) is 1. The highest BCUT2D eigenvalue weighted by atomic mass is 32.1. The van der Waals surface area contributed by atoms with Crippen LogP contribution in [-0.2, 0) is 23.1 Å². The average Bonchev–Trinajstić information content (AvgIpc) is 2.62. The van der Waals surface area contributed by atoms with E-state index >= 15 is 0 Å². The van der Waals surface area contributed by atoms with E-state index in [-0.39, 0.29) is 11.4 Å². The minimum atomic E-state index is -4.40. The van der Waals surface area contributed by atoms with Crippen molar-refractivity contribution in [2.24, 2.45) is 0 Å². The average molecular weight is 280 g/mol. The molecule has 1 aliphatic carbocycles. The van der Waals surface area contributed by atoms with E-state index in [0.717, 1.165) is 30.6 Å². The SMILES string of the molecule is CNCc1sc(C2(OC)CCC2)nc1C(F)(F)F. The van der Waals surface area contributed by atoms with Crippen molar-refractivity contribution in [1.82, 2.24) is 10.3 Å². The lowest BCUT2D eigenvalue weighted by Crippen LogP contribution is -2.36. The molecule has 1 aromatic heterocycles. The first kappa shape index (κ1) is 13.8. The van der Waals surface area contributed by atoms with Crippen molar-refractivity contribution in [2.45, 2.75) is 37.6 Å². The molecule has 0 saturated heterocycles. The number of hydrogen-bond donors (Lipinski definition) is 1. The van der Waals surface area contributed by atoms with Crippen LogP contribution < -0.4 is 5.32 Å². The highest BCUT2D eigenvalue weighted by molar-refractivity contribution is 7.11. The molecule has 1 N–H and O–H groups in total. The van der Waals surface area contributed by atoms with Gasteiger partial charge >= 0.3 is 6.18 Å². The molecule has 1 aromatic rings. The topological polar surface area (TPSA) is 34.1 Å². The van der Waals surface area contributed by atoms with E-state index in [4.69, 9.17) is 4.74 Å². The molecule has 18 heavy (non-hydrogen) atoms. The van der Waals surface area contributed by atoms with Crippen LogP contribution in [0, 0.1) is 0 Å². The summed E-state index contributed by atoms with van der Waals surface area (Å²) in [7, 11) is 3.15. The molecule has 1 fully saturated rings. The fourth-order valence-corrected chi connectivity index (χ4v) is 3.37. The van der Waals surface area contributed by atoms with Crippen molar-refractivity contribution in [3.05, 3.63) is 15.6 Å². The first-order chi connectivity index (χ1) is 8.43. The number of alkyl halides is 3. The molecular weight excluding hydrogens is 265 g/mol. The molecule has 2 rings (SSSR count). The van der Waals surface area contributed by atoms with Gasteiger partial charge in [0, 0.05) is 13.7 Å². The molecule has 1 heterocycles. The van der Waals surface area contributed by atoms with Gasteiger partial charge in [-0.25, -0.2) is 4.98 Å². The molecule has 3 nitrogen and oxygen atoms in total. The van der Waals surface area contributed by atoms with Gasteiger partial charge in [0.05, 0.1) is 4.88 Å². The van der Waals surface area contributed by atoms with Gasteiger partial charge in [0.2, 0.25) is 0 Å². The Morgan fingerprint density at radius 2 is 2.11 bits per heavy atom. The molecule has 7 heteroatoms. The zero-order chi connectivity index (χ0) is 13.4. The van der Waals surface area contributed by atoms with Crippen LogP contribution in [-0.4, -0.2) is 19.1 Å². The van der Waals surface area contributed by atoms with Crippen LogP contribution in [0.5, 0.6) is 0 Å². The molecule has 0 aliphatic heterocycles. The van der Waals surface area contributed by atoms with Crippen molar-refractivity contribution >= 4 is 11.3 Å². The Balaban J connectivity index is 2.39. The van der Waals surface area contributed by atoms with Crippen molar-refractivity contribution in [3.8, 4) is 0 Å². The maximum atomic E-state index is 12.9. The second kappa shape index (κ2) is 4.79. The molecule has 0 aromatic carbocycles. The minimum absolute atomic E-state index is 0.173. The van der Waals surface area contributed by atoms with Crippen LogP contribution in [0.4, 0.5) is 13.2 Å². The fourth-order valence-electron chi connectivity index (χ4n) is 2.05. The van der Waals surface area contributed by atoms with E-state index in [1.54, 1.807) is 7.05 Å². The Morgan fingerprint density at radius 3 is 2.50 bits per heavy atom. The van der Waals surface area contributed by atoms with E-state index in [1.807, 2.05) is 0 Å². The van der Waals surface area contributed by atoms with Gasteiger partial charge in [0.15, 0.2) is 5.69 Å². The number of ether oxygens (including phenoxy) is 1. The van der Waals surface area contributed by atoms with Gasteiger partial charge in [0.1, 0.15) is 10.6 Å². The van der Waals surface area contributed by atoms with E-state index in [9.17, 15) is 13.2 Å². The molecule has 0 amide bonds. The Morgan fingerprint density at radius 1 is 1.44 bits per heavy atom. The zero-order valence-electron chi connectivity index (χ0n) is 10.2. The first-order valence-electron chi connectivity index (χ1n) is 5.70. The normalized spacial score (nSPS) is 18.7. The summed E-state index contributed by atoms with van der Waals surface area (Å²) >= 11 is 1.10. The quantitative estimate of drug-likeness (QED) is 0.921. The van der Waals surface area contributed by atoms with E-state index < -0.39 is 17.5 Å². The van der Waals surface area contributed by atoms with Gasteiger partial charge in [-0.15, -0.1) is 11.3 Å². The summed E-state index contributed by atoms with van der Waals surface area (Å²) < 4.78 is 44.0. The van der Waals surface area contributed by atoms with E-state index in [0.29, 0.717) is 5.01 Å². The third-order valence-electron chi connectivity index (χ3n) is 3.24. The van der Waals surface area contributed by atoms with Crippen LogP contribution in [0.2, 0.25) is 0 Å².